The quantitative estimate of drug-likeness (QED) is 0.175. The summed E-state index contributed by atoms with van der Waals surface area (Å²) in [5.41, 5.74) is 7.51. The van der Waals surface area contributed by atoms with Crippen molar-refractivity contribution in [3.05, 3.63) is 94.6 Å². The first-order chi connectivity index (χ1) is 26.0. The minimum Gasteiger partial charge on any atom is -0.322 e. The molecule has 2 aromatic rings. The van der Waals surface area contributed by atoms with Crippen LogP contribution in [-0.2, 0) is 22.4 Å². The zero-order valence-electron chi connectivity index (χ0n) is 35.0. The second kappa shape index (κ2) is 20.1. The number of rotatable bonds is 16. The van der Waals surface area contributed by atoms with E-state index in [2.05, 4.69) is 101 Å². The van der Waals surface area contributed by atoms with Gasteiger partial charge in [0.25, 0.3) is 5.91 Å². The van der Waals surface area contributed by atoms with Gasteiger partial charge < -0.3 is 10.2 Å². The van der Waals surface area contributed by atoms with E-state index in [0.29, 0.717) is 25.3 Å². The fourth-order valence-electron chi connectivity index (χ4n) is 9.35. The summed E-state index contributed by atoms with van der Waals surface area (Å²) in [6, 6.07) is 19.0. The van der Waals surface area contributed by atoms with E-state index in [-0.39, 0.29) is 11.7 Å². The van der Waals surface area contributed by atoms with Crippen molar-refractivity contribution in [3.8, 4) is 0 Å². The molecule has 1 aliphatic heterocycles. The molecule has 1 saturated heterocycles. The molecule has 1 heterocycles. The molecule has 54 heavy (non-hydrogen) atoms. The van der Waals surface area contributed by atoms with Gasteiger partial charge in [-0.2, -0.15) is 0 Å². The minimum absolute atomic E-state index is 0.0654. The Morgan fingerprint density at radius 1 is 0.870 bits per heavy atom. The molecule has 1 unspecified atom stereocenters. The Hall–Kier alpha value is -3.28. The summed E-state index contributed by atoms with van der Waals surface area (Å²) in [5, 5.41) is 3.13. The number of allylic oxidation sites excluding steroid dienone is 5. The van der Waals surface area contributed by atoms with Crippen LogP contribution in [-0.4, -0.2) is 55.9 Å². The number of nitrogens with zero attached hydrogens (tertiary/aromatic N) is 2. The summed E-state index contributed by atoms with van der Waals surface area (Å²) >= 11 is 0. The van der Waals surface area contributed by atoms with Gasteiger partial charge in [-0.1, -0.05) is 74.8 Å². The summed E-state index contributed by atoms with van der Waals surface area (Å²) in [6.45, 7) is 13.7. The van der Waals surface area contributed by atoms with Crippen LogP contribution in [0, 0.1) is 17.8 Å². The van der Waals surface area contributed by atoms with Crippen LogP contribution >= 0.6 is 0 Å². The number of nitrogens with one attached hydrogen (secondary N) is 1. The first-order valence-electron chi connectivity index (χ1n) is 21.6. The molecule has 1 amide bonds. The SMILES string of the molecule is CCCC(C)C1CC[N+](C)(c2ccc(NC(=O)C3=CC=CC(C(=O)CCCc4ccc(CCC5CCC(N(C)C(C)C)CC5)cc4)=C(C)CC3)cc2)CC1. The van der Waals surface area contributed by atoms with Gasteiger partial charge in [0, 0.05) is 60.3 Å². The molecule has 3 aliphatic rings. The summed E-state index contributed by atoms with van der Waals surface area (Å²) in [7, 11) is 4.64. The second-order valence-corrected chi connectivity index (χ2v) is 17.8. The average molecular weight is 735 g/mol. The number of ketones is 1. The van der Waals surface area contributed by atoms with Gasteiger partial charge in [-0.05, 0) is 133 Å². The van der Waals surface area contributed by atoms with Gasteiger partial charge in [-0.15, -0.1) is 0 Å². The molecule has 1 atom stereocenters. The predicted molar refractivity (Wildman–Crippen MR) is 230 cm³/mol. The van der Waals surface area contributed by atoms with Gasteiger partial charge in [0.15, 0.2) is 5.78 Å². The fourth-order valence-corrected chi connectivity index (χ4v) is 9.35. The third kappa shape index (κ3) is 11.6. The van der Waals surface area contributed by atoms with Crippen LogP contribution in [0.15, 0.2) is 83.5 Å². The highest BCUT2D eigenvalue weighted by Crippen LogP contribution is 2.35. The molecular formula is C49H72N3O2+. The Kier molecular flexibility index (Phi) is 15.5. The van der Waals surface area contributed by atoms with E-state index < -0.39 is 0 Å². The standard InChI is InChI=1S/C49H71N3O2/c1-8-11-37(4)42-32-34-52(7,35-33-42)46-30-26-44(27-31-46)50-49(54)43-13-10-14-47(38(5)16-25-43)48(53)15-9-12-39-17-19-40(20-18-39)21-22-41-23-28-45(29-24-41)51(6)36(2)3/h10,13-14,17-20,26-27,30-31,36-37,41-42,45H,8-9,11-12,15-16,21-25,28-29,32-35H2,1-7H3/p+1. The molecule has 2 aliphatic carbocycles. The van der Waals surface area contributed by atoms with E-state index in [9.17, 15) is 9.59 Å². The van der Waals surface area contributed by atoms with E-state index in [0.717, 1.165) is 69.9 Å². The third-order valence-electron chi connectivity index (χ3n) is 13.6. The number of Topliss-reactive ketones (excluding diaryl/α,β-unsaturated/α-hetero) is 1. The van der Waals surface area contributed by atoms with Crippen molar-refractivity contribution in [1.29, 1.82) is 0 Å². The maximum atomic E-state index is 13.3. The highest BCUT2D eigenvalue weighted by atomic mass is 16.1. The van der Waals surface area contributed by atoms with Crippen LogP contribution < -0.4 is 9.80 Å². The number of aryl methyl sites for hydroxylation is 2. The number of anilines is 1. The number of carbonyl (C=O) groups excluding carboxylic acids is 2. The number of piperidine rings is 1. The lowest BCUT2D eigenvalue weighted by molar-refractivity contribution is -0.115. The van der Waals surface area contributed by atoms with Crippen LogP contribution in [0.4, 0.5) is 11.4 Å². The Labute approximate surface area is 329 Å². The lowest BCUT2D eigenvalue weighted by Crippen LogP contribution is -2.51. The molecule has 2 aromatic carbocycles. The summed E-state index contributed by atoms with van der Waals surface area (Å²) in [6.07, 6.45) is 22.3. The van der Waals surface area contributed by atoms with Gasteiger partial charge in [0.05, 0.1) is 20.1 Å². The number of likely N-dealkylation sites (tertiary alicyclic amines) is 1. The van der Waals surface area contributed by atoms with Gasteiger partial charge >= 0.3 is 0 Å². The molecule has 1 N–H and O–H groups in total. The Morgan fingerprint density at radius 2 is 1.52 bits per heavy atom. The molecule has 2 fully saturated rings. The maximum absolute atomic E-state index is 13.3. The average Bonchev–Trinajstić information content (AvgIpc) is 3.16. The van der Waals surface area contributed by atoms with Crippen molar-refractivity contribution >= 4 is 23.1 Å². The highest BCUT2D eigenvalue weighted by molar-refractivity contribution is 6.04. The third-order valence-corrected chi connectivity index (χ3v) is 13.6. The van der Waals surface area contributed by atoms with E-state index in [1.54, 1.807) is 0 Å². The highest BCUT2D eigenvalue weighted by Gasteiger charge is 2.34. The summed E-state index contributed by atoms with van der Waals surface area (Å²) in [4.78, 5) is 29.2. The maximum Gasteiger partial charge on any atom is 0.251 e. The Morgan fingerprint density at radius 3 is 2.15 bits per heavy atom. The van der Waals surface area contributed by atoms with Crippen molar-refractivity contribution < 1.29 is 9.59 Å². The monoisotopic (exact) mass is 735 g/mol. The van der Waals surface area contributed by atoms with Crippen LogP contribution in [0.3, 0.4) is 0 Å². The number of carbonyl (C=O) groups is 2. The van der Waals surface area contributed by atoms with Gasteiger partial charge in [-0.3, -0.25) is 14.1 Å². The number of hydrogen-bond donors (Lipinski definition) is 1. The van der Waals surface area contributed by atoms with Crippen LogP contribution in [0.1, 0.15) is 129 Å². The molecule has 0 aromatic heterocycles. The number of amides is 1. The van der Waals surface area contributed by atoms with Gasteiger partial charge in [0.2, 0.25) is 0 Å². The first kappa shape index (κ1) is 41.9. The smallest absolute Gasteiger partial charge is 0.251 e. The van der Waals surface area contributed by atoms with Gasteiger partial charge in [-0.25, -0.2) is 0 Å². The predicted octanol–water partition coefficient (Wildman–Crippen LogP) is 11.4. The van der Waals surface area contributed by atoms with Crippen LogP contribution in [0.2, 0.25) is 0 Å². The van der Waals surface area contributed by atoms with Crippen molar-refractivity contribution in [2.24, 2.45) is 17.8 Å². The lowest BCUT2D eigenvalue weighted by Gasteiger charge is -2.41. The minimum atomic E-state index is -0.0654. The van der Waals surface area contributed by atoms with Crippen LogP contribution in [0.25, 0.3) is 0 Å². The van der Waals surface area contributed by atoms with E-state index in [1.165, 1.54) is 87.7 Å². The topological polar surface area (TPSA) is 49.4 Å². The molecule has 5 nitrogen and oxygen atoms in total. The molecule has 5 heteroatoms. The Bertz CT molecular complexity index is 1600. The Balaban J connectivity index is 1.03. The number of quaternary nitrogens is 1. The molecular weight excluding hydrogens is 663 g/mol. The van der Waals surface area contributed by atoms with Crippen molar-refractivity contribution in [1.82, 2.24) is 9.38 Å². The first-order valence-corrected chi connectivity index (χ1v) is 21.6. The molecule has 0 spiro atoms. The lowest BCUT2D eigenvalue weighted by atomic mass is 9.82. The second-order valence-electron chi connectivity index (χ2n) is 17.8. The number of hydrogen-bond acceptors (Lipinski definition) is 3. The van der Waals surface area contributed by atoms with E-state index in [1.807, 2.05) is 25.2 Å². The molecule has 0 bridgehead atoms. The molecule has 294 valence electrons. The van der Waals surface area contributed by atoms with E-state index >= 15 is 0 Å². The van der Waals surface area contributed by atoms with E-state index in [4.69, 9.17) is 0 Å². The summed E-state index contributed by atoms with van der Waals surface area (Å²) < 4.78 is 0.970. The molecule has 1 saturated carbocycles. The zero-order chi connectivity index (χ0) is 38.7. The van der Waals surface area contributed by atoms with Crippen molar-refractivity contribution in [2.45, 2.75) is 143 Å². The fraction of sp³-hybridized carbons (Fsp3) is 0.592. The van der Waals surface area contributed by atoms with Crippen molar-refractivity contribution in [3.63, 3.8) is 0 Å². The number of benzene rings is 2. The molecule has 0 radical (unpaired) electrons. The molecule has 5 rings (SSSR count). The van der Waals surface area contributed by atoms with Crippen molar-refractivity contribution in [2.75, 3.05) is 32.5 Å². The van der Waals surface area contributed by atoms with Gasteiger partial charge in [0.1, 0.15) is 5.69 Å². The normalized spacial score (nSPS) is 24.2. The zero-order valence-corrected chi connectivity index (χ0v) is 35.0. The van der Waals surface area contributed by atoms with Crippen LogP contribution in [0.5, 0.6) is 0 Å². The largest absolute Gasteiger partial charge is 0.322 e. The summed E-state index contributed by atoms with van der Waals surface area (Å²) in [5.74, 6) is 2.65.